The third-order valence-electron chi connectivity index (χ3n) is 3.93. The van der Waals surface area contributed by atoms with Crippen LogP contribution < -0.4 is 5.73 Å². The molecule has 1 heterocycles. The third-order valence-corrected chi connectivity index (χ3v) is 3.93. The molecule has 0 aromatic heterocycles. The molecule has 1 aliphatic carbocycles. The highest BCUT2D eigenvalue weighted by Crippen LogP contribution is 2.26. The van der Waals surface area contributed by atoms with Crippen molar-refractivity contribution in [3.05, 3.63) is 0 Å². The van der Waals surface area contributed by atoms with Crippen molar-refractivity contribution in [2.75, 3.05) is 19.8 Å². The van der Waals surface area contributed by atoms with Crippen molar-refractivity contribution < 1.29 is 9.47 Å². The third kappa shape index (κ3) is 3.72. The Bertz CT molecular complexity index is 192. The van der Waals surface area contributed by atoms with E-state index >= 15 is 0 Å². The molecular formula is C13H25NO2. The SMILES string of the molecule is NC1CCCC1CCOCC1CCCCO1. The van der Waals surface area contributed by atoms with Crippen LogP contribution in [0.2, 0.25) is 0 Å². The summed E-state index contributed by atoms with van der Waals surface area (Å²) in [6.45, 7) is 2.56. The zero-order chi connectivity index (χ0) is 11.2. The van der Waals surface area contributed by atoms with Gasteiger partial charge in [-0.3, -0.25) is 0 Å². The van der Waals surface area contributed by atoms with Gasteiger partial charge in [-0.2, -0.15) is 0 Å². The summed E-state index contributed by atoms with van der Waals surface area (Å²) < 4.78 is 11.3. The van der Waals surface area contributed by atoms with E-state index in [1.54, 1.807) is 0 Å². The molecule has 2 fully saturated rings. The Morgan fingerprint density at radius 1 is 1.12 bits per heavy atom. The van der Waals surface area contributed by atoms with Crippen LogP contribution in [0.4, 0.5) is 0 Å². The normalized spacial score (nSPS) is 35.4. The van der Waals surface area contributed by atoms with Gasteiger partial charge < -0.3 is 15.2 Å². The molecule has 0 amide bonds. The lowest BCUT2D eigenvalue weighted by Gasteiger charge is -2.23. The van der Waals surface area contributed by atoms with Gasteiger partial charge >= 0.3 is 0 Å². The number of ether oxygens (including phenoxy) is 2. The smallest absolute Gasteiger partial charge is 0.0808 e. The zero-order valence-electron chi connectivity index (χ0n) is 10.2. The Morgan fingerprint density at radius 3 is 2.75 bits per heavy atom. The summed E-state index contributed by atoms with van der Waals surface area (Å²) in [5, 5.41) is 0. The van der Waals surface area contributed by atoms with Gasteiger partial charge in [-0.05, 0) is 44.4 Å². The summed E-state index contributed by atoms with van der Waals surface area (Å²) in [6.07, 6.45) is 8.97. The average Bonchev–Trinajstić information content (AvgIpc) is 2.72. The van der Waals surface area contributed by atoms with Gasteiger partial charge in [-0.15, -0.1) is 0 Å². The van der Waals surface area contributed by atoms with Gasteiger partial charge in [-0.1, -0.05) is 6.42 Å². The standard InChI is InChI=1S/C13H25NO2/c14-13-6-3-4-11(13)7-9-15-10-12-5-1-2-8-16-12/h11-13H,1-10,14H2. The average molecular weight is 227 g/mol. The first-order valence-electron chi connectivity index (χ1n) is 6.81. The largest absolute Gasteiger partial charge is 0.379 e. The molecule has 0 radical (unpaired) electrons. The molecule has 2 rings (SSSR count). The van der Waals surface area contributed by atoms with E-state index in [1.807, 2.05) is 0 Å². The molecule has 3 nitrogen and oxygen atoms in total. The fourth-order valence-electron chi connectivity index (χ4n) is 2.81. The molecule has 1 saturated heterocycles. The van der Waals surface area contributed by atoms with E-state index in [9.17, 15) is 0 Å². The summed E-state index contributed by atoms with van der Waals surface area (Å²) in [7, 11) is 0. The van der Waals surface area contributed by atoms with Gasteiger partial charge in [0.1, 0.15) is 0 Å². The monoisotopic (exact) mass is 227 g/mol. The van der Waals surface area contributed by atoms with E-state index in [0.29, 0.717) is 18.1 Å². The predicted octanol–water partition coefficient (Wildman–Crippen LogP) is 2.09. The lowest BCUT2D eigenvalue weighted by molar-refractivity contribution is -0.0425. The summed E-state index contributed by atoms with van der Waals surface area (Å²) >= 11 is 0. The van der Waals surface area contributed by atoms with Crippen LogP contribution in [0.25, 0.3) is 0 Å². The number of hydrogen-bond acceptors (Lipinski definition) is 3. The fraction of sp³-hybridized carbons (Fsp3) is 1.00. The van der Waals surface area contributed by atoms with Crippen LogP contribution in [-0.4, -0.2) is 32.0 Å². The number of hydrogen-bond donors (Lipinski definition) is 1. The summed E-state index contributed by atoms with van der Waals surface area (Å²) in [6, 6.07) is 0.425. The lowest BCUT2D eigenvalue weighted by atomic mass is 10.0. The molecule has 0 spiro atoms. The fourth-order valence-corrected chi connectivity index (χ4v) is 2.81. The Kier molecular flexibility index (Phi) is 5.07. The summed E-state index contributed by atoms with van der Waals surface area (Å²) in [5.41, 5.74) is 6.02. The van der Waals surface area contributed by atoms with Crippen LogP contribution in [0.1, 0.15) is 44.9 Å². The van der Waals surface area contributed by atoms with Gasteiger partial charge in [0.05, 0.1) is 12.7 Å². The molecule has 16 heavy (non-hydrogen) atoms. The van der Waals surface area contributed by atoms with Crippen LogP contribution in [0.5, 0.6) is 0 Å². The van der Waals surface area contributed by atoms with E-state index in [-0.39, 0.29) is 0 Å². The highest BCUT2D eigenvalue weighted by molar-refractivity contribution is 4.79. The van der Waals surface area contributed by atoms with E-state index in [1.165, 1.54) is 38.5 Å². The maximum absolute atomic E-state index is 6.02. The predicted molar refractivity (Wildman–Crippen MR) is 64.3 cm³/mol. The maximum Gasteiger partial charge on any atom is 0.0808 e. The lowest BCUT2D eigenvalue weighted by Crippen LogP contribution is -2.27. The molecule has 3 heteroatoms. The molecule has 94 valence electrons. The van der Waals surface area contributed by atoms with E-state index in [4.69, 9.17) is 15.2 Å². The van der Waals surface area contributed by atoms with Crippen molar-refractivity contribution in [2.45, 2.75) is 57.1 Å². The topological polar surface area (TPSA) is 44.5 Å². The number of rotatable bonds is 5. The molecule has 1 aliphatic heterocycles. The highest BCUT2D eigenvalue weighted by atomic mass is 16.5. The summed E-state index contributed by atoms with van der Waals surface area (Å²) in [5.74, 6) is 0.701. The molecule has 1 saturated carbocycles. The van der Waals surface area contributed by atoms with Crippen LogP contribution >= 0.6 is 0 Å². The van der Waals surface area contributed by atoms with Gasteiger partial charge in [-0.25, -0.2) is 0 Å². The van der Waals surface area contributed by atoms with Crippen LogP contribution in [0.15, 0.2) is 0 Å². The molecule has 2 aliphatic rings. The van der Waals surface area contributed by atoms with Gasteiger partial charge in [0.25, 0.3) is 0 Å². The first kappa shape index (κ1) is 12.3. The second-order valence-corrected chi connectivity index (χ2v) is 5.21. The molecule has 3 unspecified atom stereocenters. The molecule has 0 bridgehead atoms. The Hall–Kier alpha value is -0.120. The molecule has 0 aromatic rings. The van der Waals surface area contributed by atoms with Crippen molar-refractivity contribution in [3.8, 4) is 0 Å². The van der Waals surface area contributed by atoms with Gasteiger partial charge in [0.2, 0.25) is 0 Å². The minimum Gasteiger partial charge on any atom is -0.379 e. The van der Waals surface area contributed by atoms with Crippen molar-refractivity contribution in [1.29, 1.82) is 0 Å². The quantitative estimate of drug-likeness (QED) is 0.731. The van der Waals surface area contributed by atoms with Crippen molar-refractivity contribution >= 4 is 0 Å². The van der Waals surface area contributed by atoms with Crippen molar-refractivity contribution in [1.82, 2.24) is 0 Å². The second kappa shape index (κ2) is 6.58. The van der Waals surface area contributed by atoms with E-state index < -0.39 is 0 Å². The van der Waals surface area contributed by atoms with Crippen molar-refractivity contribution in [3.63, 3.8) is 0 Å². The zero-order valence-corrected chi connectivity index (χ0v) is 10.2. The molecule has 3 atom stereocenters. The minimum absolute atomic E-state index is 0.353. The minimum atomic E-state index is 0.353. The van der Waals surface area contributed by atoms with Crippen LogP contribution in [0, 0.1) is 5.92 Å². The Morgan fingerprint density at radius 2 is 2.06 bits per heavy atom. The van der Waals surface area contributed by atoms with E-state index in [2.05, 4.69) is 0 Å². The highest BCUT2D eigenvalue weighted by Gasteiger charge is 2.23. The van der Waals surface area contributed by atoms with Crippen LogP contribution in [0.3, 0.4) is 0 Å². The molecule has 0 aromatic carbocycles. The molecule has 2 N–H and O–H groups in total. The van der Waals surface area contributed by atoms with Gasteiger partial charge in [0.15, 0.2) is 0 Å². The summed E-state index contributed by atoms with van der Waals surface area (Å²) in [4.78, 5) is 0. The first-order chi connectivity index (χ1) is 7.86. The van der Waals surface area contributed by atoms with Crippen LogP contribution in [-0.2, 0) is 9.47 Å². The van der Waals surface area contributed by atoms with Crippen molar-refractivity contribution in [2.24, 2.45) is 11.7 Å². The molecular weight excluding hydrogens is 202 g/mol. The first-order valence-corrected chi connectivity index (χ1v) is 6.81. The Labute approximate surface area is 98.7 Å². The number of nitrogens with two attached hydrogens (primary N) is 1. The second-order valence-electron chi connectivity index (χ2n) is 5.21. The maximum atomic E-state index is 6.02. The van der Waals surface area contributed by atoms with E-state index in [0.717, 1.165) is 26.2 Å². The Balaban J connectivity index is 1.51. The van der Waals surface area contributed by atoms with Gasteiger partial charge in [0, 0.05) is 19.3 Å².